The lowest BCUT2D eigenvalue weighted by Gasteiger charge is -2.15. The predicted molar refractivity (Wildman–Crippen MR) is 79.1 cm³/mol. The molecule has 9 heteroatoms. The van der Waals surface area contributed by atoms with Crippen LogP contribution >= 0.6 is 22.9 Å². The molecule has 0 radical (unpaired) electrons. The number of amides is 2. The Kier molecular flexibility index (Phi) is 4.92. The molecule has 2 aromatic rings. The van der Waals surface area contributed by atoms with E-state index in [0.29, 0.717) is 21.9 Å². The van der Waals surface area contributed by atoms with Crippen LogP contribution in [0.5, 0.6) is 0 Å². The first-order chi connectivity index (χ1) is 10.3. The molecule has 1 heterocycles. The fourth-order valence-corrected chi connectivity index (χ4v) is 2.71. The molecule has 22 heavy (non-hydrogen) atoms. The summed E-state index contributed by atoms with van der Waals surface area (Å²) in [5.74, 6) is 0. The number of thiazole rings is 1. The van der Waals surface area contributed by atoms with Crippen LogP contribution in [0.4, 0.5) is 23.1 Å². The third kappa shape index (κ3) is 4.11. The molecule has 118 valence electrons. The first-order valence-corrected chi connectivity index (χ1v) is 7.38. The maximum absolute atomic E-state index is 12.4. The molecule has 0 saturated heterocycles. The predicted octanol–water partition coefficient (Wildman–Crippen LogP) is 4.70. The van der Waals surface area contributed by atoms with Crippen LogP contribution in [0.1, 0.15) is 24.2 Å². The van der Waals surface area contributed by atoms with Crippen molar-refractivity contribution < 1.29 is 18.0 Å². The quantitative estimate of drug-likeness (QED) is 0.844. The second kappa shape index (κ2) is 6.53. The largest absolute Gasteiger partial charge is 0.434 e. The summed E-state index contributed by atoms with van der Waals surface area (Å²) in [6, 6.07) is 5.90. The van der Waals surface area contributed by atoms with Crippen LogP contribution in [-0.2, 0) is 6.18 Å². The van der Waals surface area contributed by atoms with Crippen molar-refractivity contribution in [2.45, 2.75) is 19.1 Å². The fraction of sp³-hybridized carbons (Fsp3) is 0.231. The molecule has 0 saturated carbocycles. The van der Waals surface area contributed by atoms with Crippen LogP contribution < -0.4 is 10.6 Å². The van der Waals surface area contributed by atoms with E-state index in [1.54, 1.807) is 31.2 Å². The second-order valence-corrected chi connectivity index (χ2v) is 5.64. The molecule has 0 bridgehead atoms. The second-order valence-electron chi connectivity index (χ2n) is 4.38. The SMILES string of the molecule is CC(NC(=O)Nc1nc(C(F)(F)F)cs1)c1ccccc1Cl. The van der Waals surface area contributed by atoms with Gasteiger partial charge < -0.3 is 5.32 Å². The highest BCUT2D eigenvalue weighted by molar-refractivity contribution is 7.13. The van der Waals surface area contributed by atoms with Crippen LogP contribution in [0.2, 0.25) is 5.02 Å². The van der Waals surface area contributed by atoms with E-state index in [1.807, 2.05) is 0 Å². The number of carbonyl (C=O) groups is 1. The number of nitrogens with zero attached hydrogens (tertiary/aromatic N) is 1. The van der Waals surface area contributed by atoms with Gasteiger partial charge in [-0.05, 0) is 18.6 Å². The molecular formula is C13H11ClF3N3OS. The highest BCUT2D eigenvalue weighted by Crippen LogP contribution is 2.31. The van der Waals surface area contributed by atoms with Crippen molar-refractivity contribution in [3.05, 3.63) is 45.9 Å². The number of rotatable bonds is 3. The lowest BCUT2D eigenvalue weighted by atomic mass is 10.1. The van der Waals surface area contributed by atoms with Gasteiger partial charge in [0.05, 0.1) is 6.04 Å². The molecule has 0 fully saturated rings. The number of benzene rings is 1. The van der Waals surface area contributed by atoms with E-state index in [0.717, 1.165) is 5.38 Å². The summed E-state index contributed by atoms with van der Waals surface area (Å²) < 4.78 is 37.2. The van der Waals surface area contributed by atoms with Crippen LogP contribution in [0, 0.1) is 0 Å². The van der Waals surface area contributed by atoms with Gasteiger partial charge in [0.2, 0.25) is 0 Å². The zero-order chi connectivity index (χ0) is 16.3. The number of nitrogens with one attached hydrogen (secondary N) is 2. The average Bonchev–Trinajstić information content (AvgIpc) is 2.87. The molecule has 1 atom stereocenters. The molecule has 0 spiro atoms. The van der Waals surface area contributed by atoms with Gasteiger partial charge in [0.1, 0.15) is 0 Å². The number of aromatic nitrogens is 1. The Morgan fingerprint density at radius 3 is 2.64 bits per heavy atom. The summed E-state index contributed by atoms with van der Waals surface area (Å²) >= 11 is 6.71. The zero-order valence-electron chi connectivity index (χ0n) is 11.2. The topological polar surface area (TPSA) is 54.0 Å². The van der Waals surface area contributed by atoms with Crippen LogP contribution in [0.15, 0.2) is 29.6 Å². The van der Waals surface area contributed by atoms with Gasteiger partial charge in [-0.1, -0.05) is 29.8 Å². The summed E-state index contributed by atoms with van der Waals surface area (Å²) in [6.45, 7) is 1.71. The highest BCUT2D eigenvalue weighted by atomic mass is 35.5. The molecule has 0 aliphatic rings. The first-order valence-electron chi connectivity index (χ1n) is 6.12. The van der Waals surface area contributed by atoms with E-state index in [1.165, 1.54) is 0 Å². The summed E-state index contributed by atoms with van der Waals surface area (Å²) in [4.78, 5) is 15.1. The number of carbonyl (C=O) groups excluding carboxylic acids is 1. The van der Waals surface area contributed by atoms with Crippen molar-refractivity contribution in [1.82, 2.24) is 10.3 Å². The number of hydrogen-bond acceptors (Lipinski definition) is 3. The number of halogens is 4. The van der Waals surface area contributed by atoms with Crippen molar-refractivity contribution in [3.63, 3.8) is 0 Å². The summed E-state index contributed by atoms with van der Waals surface area (Å²) in [7, 11) is 0. The van der Waals surface area contributed by atoms with E-state index in [2.05, 4.69) is 15.6 Å². The maximum atomic E-state index is 12.4. The first kappa shape index (κ1) is 16.6. The minimum Gasteiger partial charge on any atom is -0.331 e. The van der Waals surface area contributed by atoms with E-state index in [-0.39, 0.29) is 5.13 Å². The van der Waals surface area contributed by atoms with Gasteiger partial charge in [-0.2, -0.15) is 13.2 Å². The molecule has 2 N–H and O–H groups in total. The van der Waals surface area contributed by atoms with Crippen molar-refractivity contribution in [2.75, 3.05) is 5.32 Å². The van der Waals surface area contributed by atoms with E-state index in [9.17, 15) is 18.0 Å². The minimum absolute atomic E-state index is 0.129. The van der Waals surface area contributed by atoms with Crippen molar-refractivity contribution >= 4 is 34.1 Å². The van der Waals surface area contributed by atoms with Gasteiger partial charge in [0, 0.05) is 10.4 Å². The van der Waals surface area contributed by atoms with E-state index < -0.39 is 23.9 Å². The molecular weight excluding hydrogens is 339 g/mol. The van der Waals surface area contributed by atoms with Gasteiger partial charge in [-0.15, -0.1) is 11.3 Å². The van der Waals surface area contributed by atoms with Gasteiger partial charge in [-0.25, -0.2) is 9.78 Å². The highest BCUT2D eigenvalue weighted by Gasteiger charge is 2.33. The lowest BCUT2D eigenvalue weighted by molar-refractivity contribution is -0.140. The average molecular weight is 350 g/mol. The third-order valence-electron chi connectivity index (χ3n) is 2.73. The van der Waals surface area contributed by atoms with Crippen LogP contribution in [0.25, 0.3) is 0 Å². The molecule has 1 aromatic carbocycles. The van der Waals surface area contributed by atoms with Gasteiger partial charge in [0.25, 0.3) is 0 Å². The van der Waals surface area contributed by atoms with Gasteiger partial charge in [-0.3, -0.25) is 5.32 Å². The van der Waals surface area contributed by atoms with Crippen LogP contribution in [-0.4, -0.2) is 11.0 Å². The Labute approximate surface area is 133 Å². The van der Waals surface area contributed by atoms with Gasteiger partial charge >= 0.3 is 12.2 Å². The Morgan fingerprint density at radius 1 is 1.36 bits per heavy atom. The van der Waals surface area contributed by atoms with Crippen molar-refractivity contribution in [1.29, 1.82) is 0 Å². The van der Waals surface area contributed by atoms with E-state index >= 15 is 0 Å². The number of anilines is 1. The lowest BCUT2D eigenvalue weighted by Crippen LogP contribution is -2.31. The van der Waals surface area contributed by atoms with E-state index in [4.69, 9.17) is 11.6 Å². The number of urea groups is 1. The maximum Gasteiger partial charge on any atom is 0.434 e. The Bertz CT molecular complexity index is 675. The summed E-state index contributed by atoms with van der Waals surface area (Å²) in [5.41, 5.74) is -0.332. The molecule has 0 aliphatic carbocycles. The van der Waals surface area contributed by atoms with Crippen molar-refractivity contribution in [2.24, 2.45) is 0 Å². The number of alkyl halides is 3. The standard InChI is InChI=1S/C13H11ClF3N3OS/c1-7(8-4-2-3-5-9(8)14)18-11(21)20-12-19-10(6-22-12)13(15,16)17/h2-7H,1H3,(H2,18,19,20,21). The molecule has 4 nitrogen and oxygen atoms in total. The summed E-state index contributed by atoms with van der Waals surface area (Å²) in [6.07, 6.45) is -4.53. The summed E-state index contributed by atoms with van der Waals surface area (Å²) in [5, 5.41) is 6.05. The number of hydrogen-bond donors (Lipinski definition) is 2. The normalized spacial score (nSPS) is 12.8. The zero-order valence-corrected chi connectivity index (χ0v) is 12.8. The molecule has 1 aromatic heterocycles. The van der Waals surface area contributed by atoms with Crippen LogP contribution in [0.3, 0.4) is 0 Å². The molecule has 2 rings (SSSR count). The molecule has 2 amide bonds. The molecule has 0 aliphatic heterocycles. The minimum atomic E-state index is -4.53. The molecule has 1 unspecified atom stereocenters. The third-order valence-corrected chi connectivity index (χ3v) is 3.84. The Hall–Kier alpha value is -1.80. The van der Waals surface area contributed by atoms with Gasteiger partial charge in [0.15, 0.2) is 10.8 Å². The smallest absolute Gasteiger partial charge is 0.331 e. The monoisotopic (exact) mass is 349 g/mol. The Balaban J connectivity index is 1.98. The fourth-order valence-electron chi connectivity index (χ4n) is 1.70. The van der Waals surface area contributed by atoms with Crippen molar-refractivity contribution in [3.8, 4) is 0 Å². The Morgan fingerprint density at radius 2 is 2.05 bits per heavy atom.